The topological polar surface area (TPSA) is 90.3 Å². The molecule has 0 spiro atoms. The van der Waals surface area contributed by atoms with Crippen molar-refractivity contribution in [3.63, 3.8) is 0 Å². The number of hydrogen-bond donors (Lipinski definition) is 1. The number of fused-ring (bicyclic) bond motifs is 1. The molecule has 0 aliphatic heterocycles. The smallest absolute Gasteiger partial charge is 0.337 e. The molecule has 1 N–H and O–H groups in total. The van der Waals surface area contributed by atoms with Gasteiger partial charge >= 0.3 is 5.97 Å². The average molecular weight is 451 g/mol. The summed E-state index contributed by atoms with van der Waals surface area (Å²) in [6.07, 6.45) is 1.46. The van der Waals surface area contributed by atoms with Gasteiger partial charge in [0.2, 0.25) is 11.3 Å². The van der Waals surface area contributed by atoms with Gasteiger partial charge < -0.3 is 10.1 Å². The molecular formula is C27H21N3O4. The number of anilines is 1. The average Bonchev–Trinajstić information content (AvgIpc) is 2.87. The summed E-state index contributed by atoms with van der Waals surface area (Å²) in [7, 11) is 1.33. The number of carbonyl (C=O) groups is 2. The van der Waals surface area contributed by atoms with Crippen molar-refractivity contribution in [2.24, 2.45) is 0 Å². The minimum atomic E-state index is -0.418. The molecule has 0 saturated heterocycles. The Hall–Kier alpha value is -4.70. The van der Waals surface area contributed by atoms with Crippen LogP contribution in [0.2, 0.25) is 0 Å². The number of hydrogen-bond acceptors (Lipinski definition) is 5. The second-order valence-electron chi connectivity index (χ2n) is 7.45. The number of amides is 1. The number of ether oxygens (including phenoxy) is 1. The molecule has 4 aromatic rings. The van der Waals surface area contributed by atoms with E-state index in [0.29, 0.717) is 39.8 Å². The lowest BCUT2D eigenvalue weighted by atomic mass is 10.1. The third-order valence-corrected chi connectivity index (χ3v) is 5.09. The van der Waals surface area contributed by atoms with Crippen LogP contribution >= 0.6 is 0 Å². The number of nitrogens with one attached hydrogen (secondary N) is 1. The first-order valence-electron chi connectivity index (χ1n) is 10.6. The Morgan fingerprint density at radius 3 is 2.50 bits per heavy atom. The van der Waals surface area contributed by atoms with E-state index in [9.17, 15) is 14.4 Å². The second kappa shape index (κ2) is 10.3. The van der Waals surface area contributed by atoms with Gasteiger partial charge in [-0.2, -0.15) is 5.10 Å². The van der Waals surface area contributed by atoms with Gasteiger partial charge in [-0.25, -0.2) is 4.79 Å². The van der Waals surface area contributed by atoms with E-state index in [1.54, 1.807) is 59.3 Å². The lowest BCUT2D eigenvalue weighted by molar-refractivity contribution is -0.116. The van der Waals surface area contributed by atoms with Gasteiger partial charge in [-0.3, -0.25) is 14.3 Å². The van der Waals surface area contributed by atoms with Crippen LogP contribution in [0.15, 0.2) is 83.8 Å². The van der Waals surface area contributed by atoms with Gasteiger partial charge in [0.15, 0.2) is 0 Å². The van der Waals surface area contributed by atoms with Crippen LogP contribution in [0.1, 0.15) is 27.9 Å². The molecule has 0 unspecified atom stereocenters. The molecule has 1 heterocycles. The summed E-state index contributed by atoms with van der Waals surface area (Å²) in [6, 6.07) is 21.3. The molecule has 4 rings (SSSR count). The SMILES string of the molecule is COC(=O)c1cccc(C#Cc2cccc(NC(=O)CCn3ncc(=O)c4ccccc43)c2)c1. The summed E-state index contributed by atoms with van der Waals surface area (Å²) < 4.78 is 6.39. The van der Waals surface area contributed by atoms with E-state index in [2.05, 4.69) is 22.3 Å². The molecule has 1 aromatic heterocycles. The van der Waals surface area contributed by atoms with Crippen molar-refractivity contribution in [2.75, 3.05) is 12.4 Å². The minimum absolute atomic E-state index is 0.147. The van der Waals surface area contributed by atoms with Gasteiger partial charge in [0.25, 0.3) is 0 Å². The molecule has 7 nitrogen and oxygen atoms in total. The number of methoxy groups -OCH3 is 1. The molecule has 0 radical (unpaired) electrons. The Morgan fingerprint density at radius 1 is 0.971 bits per heavy atom. The van der Waals surface area contributed by atoms with Gasteiger partial charge in [-0.1, -0.05) is 36.1 Å². The van der Waals surface area contributed by atoms with Gasteiger partial charge in [-0.15, -0.1) is 0 Å². The maximum Gasteiger partial charge on any atom is 0.337 e. The number of para-hydroxylation sites is 1. The van der Waals surface area contributed by atoms with Crippen LogP contribution in [-0.2, 0) is 16.1 Å². The third-order valence-electron chi connectivity index (χ3n) is 5.09. The lowest BCUT2D eigenvalue weighted by Crippen LogP contribution is -2.18. The number of aryl methyl sites for hydroxylation is 1. The summed E-state index contributed by atoms with van der Waals surface area (Å²) in [5.74, 6) is 5.47. The van der Waals surface area contributed by atoms with Gasteiger partial charge in [0, 0.05) is 28.6 Å². The summed E-state index contributed by atoms with van der Waals surface area (Å²) in [5.41, 5.74) is 2.99. The zero-order valence-corrected chi connectivity index (χ0v) is 18.4. The monoisotopic (exact) mass is 451 g/mol. The van der Waals surface area contributed by atoms with E-state index in [0.717, 1.165) is 0 Å². The largest absolute Gasteiger partial charge is 0.465 e. The second-order valence-corrected chi connectivity index (χ2v) is 7.45. The highest BCUT2D eigenvalue weighted by molar-refractivity contribution is 5.91. The molecule has 0 aliphatic rings. The van der Waals surface area contributed by atoms with Crippen LogP contribution in [-0.4, -0.2) is 28.8 Å². The summed E-state index contributed by atoms with van der Waals surface area (Å²) in [4.78, 5) is 36.2. The Bertz CT molecular complexity index is 1500. The Kier molecular flexibility index (Phi) is 6.80. The molecular weight excluding hydrogens is 430 g/mol. The zero-order chi connectivity index (χ0) is 23.9. The maximum absolute atomic E-state index is 12.5. The van der Waals surface area contributed by atoms with Crippen molar-refractivity contribution >= 4 is 28.5 Å². The fourth-order valence-corrected chi connectivity index (χ4v) is 3.43. The fourth-order valence-electron chi connectivity index (χ4n) is 3.43. The molecule has 168 valence electrons. The summed E-state index contributed by atoms with van der Waals surface area (Å²) >= 11 is 0. The van der Waals surface area contributed by atoms with E-state index in [-0.39, 0.29) is 17.8 Å². The molecule has 0 fully saturated rings. The van der Waals surface area contributed by atoms with Crippen molar-refractivity contribution in [2.45, 2.75) is 13.0 Å². The minimum Gasteiger partial charge on any atom is -0.465 e. The van der Waals surface area contributed by atoms with Crippen LogP contribution in [0.5, 0.6) is 0 Å². The quantitative estimate of drug-likeness (QED) is 0.370. The van der Waals surface area contributed by atoms with Crippen molar-refractivity contribution in [1.29, 1.82) is 0 Å². The van der Waals surface area contributed by atoms with Gasteiger partial charge in [0.05, 0.1) is 30.9 Å². The number of benzene rings is 3. The van der Waals surface area contributed by atoms with Crippen LogP contribution in [0.4, 0.5) is 5.69 Å². The first-order valence-corrected chi connectivity index (χ1v) is 10.6. The molecule has 34 heavy (non-hydrogen) atoms. The van der Waals surface area contributed by atoms with E-state index in [1.165, 1.54) is 13.3 Å². The van der Waals surface area contributed by atoms with Crippen LogP contribution in [0.25, 0.3) is 10.9 Å². The summed E-state index contributed by atoms with van der Waals surface area (Å²) in [5, 5.41) is 7.59. The molecule has 1 amide bonds. The van der Waals surface area contributed by atoms with Gasteiger partial charge in [-0.05, 0) is 48.5 Å². The fraction of sp³-hybridized carbons (Fsp3) is 0.111. The number of esters is 1. The predicted molar refractivity (Wildman–Crippen MR) is 129 cm³/mol. The highest BCUT2D eigenvalue weighted by Gasteiger charge is 2.08. The van der Waals surface area contributed by atoms with E-state index in [4.69, 9.17) is 4.74 Å². The Balaban J connectivity index is 1.42. The van der Waals surface area contributed by atoms with Gasteiger partial charge in [0.1, 0.15) is 0 Å². The third kappa shape index (κ3) is 5.37. The number of carbonyl (C=O) groups excluding carboxylic acids is 2. The molecule has 0 saturated carbocycles. The normalized spacial score (nSPS) is 10.3. The lowest BCUT2D eigenvalue weighted by Gasteiger charge is -2.09. The van der Waals surface area contributed by atoms with Crippen molar-refractivity contribution in [3.8, 4) is 11.8 Å². The van der Waals surface area contributed by atoms with Crippen LogP contribution in [0, 0.1) is 11.8 Å². The molecule has 0 bridgehead atoms. The maximum atomic E-state index is 12.5. The number of rotatable bonds is 5. The van der Waals surface area contributed by atoms with Crippen molar-refractivity contribution in [1.82, 2.24) is 9.78 Å². The summed E-state index contributed by atoms with van der Waals surface area (Å²) in [6.45, 7) is 0.336. The van der Waals surface area contributed by atoms with E-state index < -0.39 is 5.97 Å². The molecule has 7 heteroatoms. The number of aromatic nitrogens is 2. The highest BCUT2D eigenvalue weighted by atomic mass is 16.5. The standard InChI is InChI=1S/C27H21N3O4/c1-34-27(33)21-8-4-6-19(16-21)12-13-20-7-5-9-22(17-20)29-26(32)14-15-30-24-11-3-2-10-23(24)25(31)18-28-30/h2-11,16-18H,14-15H2,1H3,(H,29,32). The first-order chi connectivity index (χ1) is 16.5. The van der Waals surface area contributed by atoms with Crippen LogP contribution < -0.4 is 10.7 Å². The molecule has 0 aliphatic carbocycles. The van der Waals surface area contributed by atoms with E-state index >= 15 is 0 Å². The molecule has 0 atom stereocenters. The Morgan fingerprint density at radius 2 is 1.71 bits per heavy atom. The van der Waals surface area contributed by atoms with E-state index in [1.807, 2.05) is 18.2 Å². The zero-order valence-electron chi connectivity index (χ0n) is 18.4. The van der Waals surface area contributed by atoms with Crippen LogP contribution in [0.3, 0.4) is 0 Å². The predicted octanol–water partition coefficient (Wildman–Crippen LogP) is 3.61. The number of nitrogens with zero attached hydrogens (tertiary/aromatic N) is 2. The van der Waals surface area contributed by atoms with Crippen molar-refractivity contribution < 1.29 is 14.3 Å². The molecule has 3 aromatic carbocycles. The van der Waals surface area contributed by atoms with Crippen molar-refractivity contribution in [3.05, 3.63) is 106 Å². The first kappa shape index (κ1) is 22.5. The highest BCUT2D eigenvalue weighted by Crippen LogP contribution is 2.12. The Labute approximate surface area is 196 Å².